The van der Waals surface area contributed by atoms with Crippen LogP contribution in [0.15, 0.2) is 24.3 Å². The van der Waals surface area contributed by atoms with Gasteiger partial charge in [0.25, 0.3) is 0 Å². The zero-order valence-corrected chi connectivity index (χ0v) is 10.9. The van der Waals surface area contributed by atoms with E-state index in [0.717, 1.165) is 41.8 Å². The van der Waals surface area contributed by atoms with Crippen molar-refractivity contribution in [2.75, 3.05) is 19.6 Å². The maximum Gasteiger partial charge on any atom is 0.176 e. The van der Waals surface area contributed by atoms with Gasteiger partial charge >= 0.3 is 0 Å². The van der Waals surface area contributed by atoms with Crippen molar-refractivity contribution >= 4 is 11.0 Å². The molecule has 1 heterocycles. The van der Waals surface area contributed by atoms with Gasteiger partial charge < -0.3 is 4.48 Å². The number of benzene rings is 1. The number of aromatic nitrogens is 3. The van der Waals surface area contributed by atoms with E-state index in [1.54, 1.807) is 0 Å². The molecule has 0 fully saturated rings. The van der Waals surface area contributed by atoms with Crippen LogP contribution in [0, 0.1) is 0 Å². The lowest BCUT2D eigenvalue weighted by atomic mass is 10.3. The average Bonchev–Trinajstić information content (AvgIpc) is 2.79. The van der Waals surface area contributed by atoms with Crippen molar-refractivity contribution in [1.29, 1.82) is 0 Å². The molecule has 0 aliphatic rings. The molecule has 0 aliphatic carbocycles. The van der Waals surface area contributed by atoms with Gasteiger partial charge in [0.1, 0.15) is 5.52 Å². The van der Waals surface area contributed by atoms with Gasteiger partial charge in [0.05, 0.1) is 25.2 Å². The highest BCUT2D eigenvalue weighted by molar-refractivity contribution is 5.73. The van der Waals surface area contributed by atoms with E-state index in [2.05, 4.69) is 37.1 Å². The number of hydrogen-bond donors (Lipinski definition) is 0. The Balaban J connectivity index is 2.34. The molecule has 17 heavy (non-hydrogen) atoms. The lowest BCUT2D eigenvalue weighted by Gasteiger charge is -2.35. The molecule has 0 aliphatic heterocycles. The molecule has 0 saturated heterocycles. The lowest BCUT2D eigenvalue weighted by molar-refractivity contribution is -0.944. The Bertz CT molecular complexity index is 477. The quantitative estimate of drug-likeness (QED) is 0.742. The van der Waals surface area contributed by atoms with Gasteiger partial charge in [-0.15, -0.1) is 5.10 Å². The fraction of sp³-hybridized carbons (Fsp3) is 0.538. The SMILES string of the molecule is CC[N+](CC)(CC)Cn1nnc2ccccc21. The van der Waals surface area contributed by atoms with Crippen LogP contribution < -0.4 is 0 Å². The monoisotopic (exact) mass is 233 g/mol. The van der Waals surface area contributed by atoms with Gasteiger partial charge in [-0.3, -0.25) is 0 Å². The van der Waals surface area contributed by atoms with Crippen LogP contribution in [0.2, 0.25) is 0 Å². The van der Waals surface area contributed by atoms with Gasteiger partial charge in [0.15, 0.2) is 6.67 Å². The second-order valence-corrected chi connectivity index (χ2v) is 4.51. The summed E-state index contributed by atoms with van der Waals surface area (Å²) in [6, 6.07) is 8.14. The molecule has 1 aromatic heterocycles. The van der Waals surface area contributed by atoms with Crippen LogP contribution in [0.25, 0.3) is 11.0 Å². The Morgan fingerprint density at radius 2 is 1.71 bits per heavy atom. The maximum atomic E-state index is 4.28. The van der Waals surface area contributed by atoms with Crippen LogP contribution in [-0.2, 0) is 6.67 Å². The average molecular weight is 233 g/mol. The second-order valence-electron chi connectivity index (χ2n) is 4.51. The van der Waals surface area contributed by atoms with E-state index in [1.165, 1.54) is 0 Å². The summed E-state index contributed by atoms with van der Waals surface area (Å²) in [7, 11) is 0. The van der Waals surface area contributed by atoms with Crippen molar-refractivity contribution in [2.24, 2.45) is 0 Å². The number of para-hydroxylation sites is 1. The molecule has 0 radical (unpaired) electrons. The third-order valence-corrected chi connectivity index (χ3v) is 3.87. The van der Waals surface area contributed by atoms with E-state index in [4.69, 9.17) is 0 Å². The van der Waals surface area contributed by atoms with E-state index < -0.39 is 0 Å². The number of hydrogen-bond acceptors (Lipinski definition) is 2. The summed E-state index contributed by atoms with van der Waals surface area (Å²) >= 11 is 0. The van der Waals surface area contributed by atoms with Crippen LogP contribution >= 0.6 is 0 Å². The van der Waals surface area contributed by atoms with Gasteiger partial charge in [-0.2, -0.15) is 4.68 Å². The maximum absolute atomic E-state index is 4.28. The van der Waals surface area contributed by atoms with E-state index in [0.29, 0.717) is 0 Å². The second kappa shape index (κ2) is 4.84. The molecule has 0 unspecified atom stereocenters. The molecular weight excluding hydrogens is 212 g/mol. The first-order valence-corrected chi connectivity index (χ1v) is 6.38. The number of nitrogens with zero attached hydrogens (tertiary/aromatic N) is 4. The largest absolute Gasteiger partial charge is 0.306 e. The van der Waals surface area contributed by atoms with E-state index in [1.807, 2.05) is 22.9 Å². The summed E-state index contributed by atoms with van der Waals surface area (Å²) in [4.78, 5) is 0. The highest BCUT2D eigenvalue weighted by Gasteiger charge is 2.22. The van der Waals surface area contributed by atoms with Crippen LogP contribution in [0.4, 0.5) is 0 Å². The lowest BCUT2D eigenvalue weighted by Crippen LogP contribution is -2.48. The molecule has 2 rings (SSSR count). The zero-order chi connectivity index (χ0) is 12.3. The Hall–Kier alpha value is -1.42. The fourth-order valence-corrected chi connectivity index (χ4v) is 2.28. The minimum atomic E-state index is 0.907. The van der Waals surface area contributed by atoms with Crippen LogP contribution in [0.3, 0.4) is 0 Å². The van der Waals surface area contributed by atoms with E-state index in [9.17, 15) is 0 Å². The Labute approximate surface area is 102 Å². The minimum Gasteiger partial charge on any atom is -0.306 e. The first-order valence-electron chi connectivity index (χ1n) is 6.38. The van der Waals surface area contributed by atoms with Gasteiger partial charge in [-0.1, -0.05) is 17.3 Å². The molecular formula is C13H21N4+. The van der Waals surface area contributed by atoms with Crippen LogP contribution in [0.5, 0.6) is 0 Å². The minimum absolute atomic E-state index is 0.907. The van der Waals surface area contributed by atoms with Crippen molar-refractivity contribution in [1.82, 2.24) is 15.0 Å². The third-order valence-electron chi connectivity index (χ3n) is 3.87. The number of fused-ring (bicyclic) bond motifs is 1. The molecule has 0 atom stereocenters. The molecule has 0 bridgehead atoms. The van der Waals surface area contributed by atoms with Gasteiger partial charge in [-0.05, 0) is 32.9 Å². The fourth-order valence-electron chi connectivity index (χ4n) is 2.28. The van der Waals surface area contributed by atoms with Gasteiger partial charge in [0.2, 0.25) is 0 Å². The summed E-state index contributed by atoms with van der Waals surface area (Å²) < 4.78 is 3.08. The smallest absolute Gasteiger partial charge is 0.176 e. The van der Waals surface area contributed by atoms with Gasteiger partial charge in [-0.25, -0.2) is 0 Å². The molecule has 1 aromatic carbocycles. The predicted molar refractivity (Wildman–Crippen MR) is 69.4 cm³/mol. The molecule has 4 nitrogen and oxygen atoms in total. The van der Waals surface area contributed by atoms with Crippen molar-refractivity contribution in [3.05, 3.63) is 24.3 Å². The first-order chi connectivity index (χ1) is 8.24. The number of quaternary nitrogens is 1. The first kappa shape index (κ1) is 12.0. The molecule has 2 aromatic rings. The predicted octanol–water partition coefficient (Wildman–Crippen LogP) is 2.27. The standard InChI is InChI=1S/C13H21N4/c1-4-17(5-2,6-3)11-16-13-10-8-7-9-12(13)14-15-16/h7-10H,4-6,11H2,1-3H3/q+1. The molecule has 92 valence electrons. The Morgan fingerprint density at radius 3 is 2.35 bits per heavy atom. The highest BCUT2D eigenvalue weighted by atomic mass is 15.5. The van der Waals surface area contributed by atoms with Crippen molar-refractivity contribution in [3.8, 4) is 0 Å². The van der Waals surface area contributed by atoms with E-state index in [-0.39, 0.29) is 0 Å². The van der Waals surface area contributed by atoms with Crippen molar-refractivity contribution in [2.45, 2.75) is 27.4 Å². The highest BCUT2D eigenvalue weighted by Crippen LogP contribution is 2.14. The molecule has 0 amide bonds. The molecule has 0 N–H and O–H groups in total. The van der Waals surface area contributed by atoms with Crippen LogP contribution in [0.1, 0.15) is 20.8 Å². The molecule has 4 heteroatoms. The summed E-state index contributed by atoms with van der Waals surface area (Å²) in [6.45, 7) is 11.0. The normalized spacial score (nSPS) is 12.2. The zero-order valence-electron chi connectivity index (χ0n) is 10.9. The van der Waals surface area contributed by atoms with Crippen LogP contribution in [-0.4, -0.2) is 39.1 Å². The van der Waals surface area contributed by atoms with Crippen molar-refractivity contribution < 1.29 is 4.48 Å². The summed E-state index contributed by atoms with van der Waals surface area (Å²) in [5.74, 6) is 0. The summed E-state index contributed by atoms with van der Waals surface area (Å²) in [5, 5.41) is 8.48. The Kier molecular flexibility index (Phi) is 3.43. The third kappa shape index (κ3) is 2.17. The Morgan fingerprint density at radius 1 is 1.06 bits per heavy atom. The summed E-state index contributed by atoms with van der Waals surface area (Å²) in [5.41, 5.74) is 2.11. The van der Waals surface area contributed by atoms with E-state index >= 15 is 0 Å². The number of rotatable bonds is 5. The van der Waals surface area contributed by atoms with Crippen molar-refractivity contribution in [3.63, 3.8) is 0 Å². The van der Waals surface area contributed by atoms with Gasteiger partial charge in [0, 0.05) is 0 Å². The summed E-state index contributed by atoms with van der Waals surface area (Å²) in [6.07, 6.45) is 0. The molecule has 0 saturated carbocycles. The molecule has 0 spiro atoms. The topological polar surface area (TPSA) is 30.7 Å².